The van der Waals surface area contributed by atoms with E-state index in [0.29, 0.717) is 50.4 Å². The number of aliphatic hydroxyl groups excluding tert-OH is 4. The van der Waals surface area contributed by atoms with Gasteiger partial charge in [-0.2, -0.15) is 0 Å². The van der Waals surface area contributed by atoms with Crippen LogP contribution >= 0.6 is 0 Å². The van der Waals surface area contributed by atoms with Crippen LogP contribution in [-0.4, -0.2) is 113 Å². The van der Waals surface area contributed by atoms with Crippen LogP contribution in [-0.2, 0) is 28.8 Å². The first-order valence-electron chi connectivity index (χ1n) is 28.2. The molecule has 76 heavy (non-hydrogen) atoms. The predicted octanol–water partition coefficient (Wildman–Crippen LogP) is 6.57. The molecule has 0 aromatic rings. The first kappa shape index (κ1) is 55.0. The van der Waals surface area contributed by atoms with E-state index in [-0.39, 0.29) is 63.2 Å². The van der Waals surface area contributed by atoms with Crippen LogP contribution in [0.15, 0.2) is 94.7 Å². The van der Waals surface area contributed by atoms with Crippen LogP contribution in [0.1, 0.15) is 138 Å². The summed E-state index contributed by atoms with van der Waals surface area (Å²) in [6.45, 7) is 10.5. The van der Waals surface area contributed by atoms with Crippen molar-refractivity contribution in [1.82, 2.24) is 0 Å². The number of hydrogen-bond donors (Lipinski definition) is 7. The fraction of sp³-hybridized carbons (Fsp3) is 0.651. The average molecular weight is 1050 g/mol. The van der Waals surface area contributed by atoms with Crippen LogP contribution in [0.3, 0.4) is 0 Å². The van der Waals surface area contributed by atoms with Crippen LogP contribution in [0.2, 0.25) is 0 Å². The summed E-state index contributed by atoms with van der Waals surface area (Å²) in [6, 6.07) is 0. The molecule has 13 heteroatoms. The molecule has 0 amide bonds. The molecular formula is C63H80O13. The highest BCUT2D eigenvalue weighted by Gasteiger charge is 2.69. The monoisotopic (exact) mass is 1040 g/mol. The molecule has 0 heterocycles. The summed E-state index contributed by atoms with van der Waals surface area (Å²) in [5.74, 6) is 0.121. The van der Waals surface area contributed by atoms with E-state index in [1.54, 1.807) is 36.5 Å². The lowest BCUT2D eigenvalue weighted by Gasteiger charge is -2.59. The molecule has 0 saturated heterocycles. The van der Waals surface area contributed by atoms with Crippen molar-refractivity contribution >= 4 is 34.7 Å². The van der Waals surface area contributed by atoms with Crippen molar-refractivity contribution < 1.29 is 64.5 Å². The highest BCUT2D eigenvalue weighted by molar-refractivity contribution is 6.02. The first-order valence-corrected chi connectivity index (χ1v) is 28.2. The van der Waals surface area contributed by atoms with Gasteiger partial charge in [0.15, 0.2) is 34.7 Å². The maximum absolute atomic E-state index is 12.4. The molecule has 0 bridgehead atoms. The van der Waals surface area contributed by atoms with Crippen molar-refractivity contribution in [2.45, 2.75) is 161 Å². The van der Waals surface area contributed by atoms with E-state index in [1.165, 1.54) is 22.3 Å². The molecular weight excluding hydrogens is 965 g/mol. The molecule has 12 aliphatic rings. The highest BCUT2D eigenvalue weighted by atomic mass is 16.3. The molecule has 0 spiro atoms. The molecule has 17 atom stereocenters. The standard InChI is InChI=1S/C21H28O5.2C21H26O4/c1-19-7-5-13(23)9-12(19)3-4-14-15-6-8-21(26,17(25)11-22)20(15,2)10-16(24)18(14)19;2*1-19-8-5-14(23)11-13(19)3-4-15-16(19)6-9-20(2)17(15)7-10-21(20,25)18(24)12-22/h5,7,9,14-16,18,22,24,26H,3-4,6,8,10-11H2,1-2H3;2*5-6,8,11,15,17,22,25H,3-4,7,9-10,12H2,1-2H3/t14?,15?,16-,18?,19-,20-,21-;2*15?,17?,19-,20-,21-/m000/s1. The van der Waals surface area contributed by atoms with E-state index in [1.807, 2.05) is 39.0 Å². The number of ketones is 6. The van der Waals surface area contributed by atoms with Crippen molar-refractivity contribution in [2.75, 3.05) is 19.8 Å². The van der Waals surface area contributed by atoms with Crippen LogP contribution in [0, 0.1) is 73.9 Å². The van der Waals surface area contributed by atoms with Crippen LogP contribution in [0.4, 0.5) is 0 Å². The van der Waals surface area contributed by atoms with Gasteiger partial charge < -0.3 is 35.7 Å². The highest BCUT2D eigenvalue weighted by Crippen LogP contribution is 2.69. The molecule has 7 unspecified atom stereocenters. The van der Waals surface area contributed by atoms with E-state index >= 15 is 0 Å². The third kappa shape index (κ3) is 7.54. The Morgan fingerprint density at radius 3 is 1.33 bits per heavy atom. The summed E-state index contributed by atoms with van der Waals surface area (Å²) in [6.07, 6.45) is 30.5. The number of carbonyl (C=O) groups excluding carboxylic acids is 6. The first-order chi connectivity index (χ1) is 35.7. The summed E-state index contributed by atoms with van der Waals surface area (Å²) in [7, 11) is 0. The van der Waals surface area contributed by atoms with Crippen LogP contribution in [0.5, 0.6) is 0 Å². The molecule has 0 aromatic carbocycles. The number of allylic oxidation sites excluding steroid dienone is 16. The van der Waals surface area contributed by atoms with Crippen molar-refractivity contribution in [3.63, 3.8) is 0 Å². The predicted molar refractivity (Wildman–Crippen MR) is 282 cm³/mol. The number of carbonyl (C=O) groups is 6. The van der Waals surface area contributed by atoms with Gasteiger partial charge in [0, 0.05) is 38.4 Å². The fourth-order valence-corrected chi connectivity index (χ4v) is 19.2. The summed E-state index contributed by atoms with van der Waals surface area (Å²) in [4.78, 5) is 72.3. The molecule has 0 aliphatic heterocycles. The molecule has 0 radical (unpaired) electrons. The number of aliphatic hydroxyl groups is 7. The molecule has 410 valence electrons. The maximum Gasteiger partial charge on any atom is 0.190 e. The average Bonchev–Trinajstić information content (AvgIpc) is 4.08. The minimum Gasteiger partial charge on any atom is -0.393 e. The number of Topliss-reactive ketones (excluding diaryl/α,β-unsaturated/α-hetero) is 3. The number of rotatable bonds is 6. The minimum atomic E-state index is -1.56. The lowest BCUT2D eigenvalue weighted by molar-refractivity contribution is -0.178. The Labute approximate surface area is 446 Å². The smallest absolute Gasteiger partial charge is 0.190 e. The normalized spacial score (nSPS) is 46.8. The van der Waals surface area contributed by atoms with Gasteiger partial charge in [0.1, 0.15) is 36.6 Å². The molecule has 7 fully saturated rings. The molecule has 7 saturated carbocycles. The molecule has 7 N–H and O–H groups in total. The lowest BCUT2D eigenvalue weighted by Crippen LogP contribution is -2.61. The zero-order valence-corrected chi connectivity index (χ0v) is 45.3. The topological polar surface area (TPSA) is 244 Å². The second kappa shape index (κ2) is 18.6. The van der Waals surface area contributed by atoms with Gasteiger partial charge in [0.2, 0.25) is 0 Å². The largest absolute Gasteiger partial charge is 0.393 e. The summed E-state index contributed by atoms with van der Waals surface area (Å²) in [5.41, 5.74) is -0.793. The Morgan fingerprint density at radius 1 is 0.513 bits per heavy atom. The van der Waals surface area contributed by atoms with Crippen molar-refractivity contribution in [1.29, 1.82) is 0 Å². The quantitative estimate of drug-likeness (QED) is 0.139. The number of hydrogen-bond acceptors (Lipinski definition) is 13. The molecule has 12 rings (SSSR count). The molecule has 13 nitrogen and oxygen atoms in total. The minimum absolute atomic E-state index is 0.00912. The van der Waals surface area contributed by atoms with E-state index in [0.717, 1.165) is 63.4 Å². The van der Waals surface area contributed by atoms with Gasteiger partial charge in [-0.1, -0.05) is 85.9 Å². The Hall–Kier alpha value is -4.34. The van der Waals surface area contributed by atoms with E-state index in [4.69, 9.17) is 0 Å². The van der Waals surface area contributed by atoms with Gasteiger partial charge >= 0.3 is 0 Å². The zero-order valence-electron chi connectivity index (χ0n) is 45.3. The molecule has 12 aliphatic carbocycles. The van der Waals surface area contributed by atoms with Crippen molar-refractivity contribution in [3.8, 4) is 0 Å². The SMILES string of the molecule is C[C@]12C=CC(=O)C=C1CCC1C2=CC[C@@]2(C)C1CC[C@]2(O)C(=O)CO.C[C@]12C=CC(=O)C=C1CCC1C2=CC[C@@]2(C)C1CC[C@]2(O)C(=O)CO.C[C@]12C=CC(=O)C=C1CCC1C2[C@@H](O)C[C@@]2(C)C1CC[C@]2(O)C(=O)CO. The summed E-state index contributed by atoms with van der Waals surface area (Å²) < 4.78 is 0. The van der Waals surface area contributed by atoms with E-state index in [9.17, 15) is 64.5 Å². The van der Waals surface area contributed by atoms with Gasteiger partial charge in [-0.15, -0.1) is 0 Å². The molecule has 0 aromatic heterocycles. The summed E-state index contributed by atoms with van der Waals surface area (Å²) >= 11 is 0. The van der Waals surface area contributed by atoms with E-state index < -0.39 is 76.3 Å². The maximum atomic E-state index is 12.4. The van der Waals surface area contributed by atoms with Gasteiger partial charge in [-0.05, 0) is 182 Å². The Balaban J connectivity index is 0.000000130. The van der Waals surface area contributed by atoms with Crippen LogP contribution < -0.4 is 0 Å². The van der Waals surface area contributed by atoms with Crippen molar-refractivity contribution in [3.05, 3.63) is 94.7 Å². The lowest BCUT2D eigenvalue weighted by atomic mass is 9.46. The Kier molecular flexibility index (Phi) is 13.5. The second-order valence-electron chi connectivity index (χ2n) is 26.4. The second-order valence-corrected chi connectivity index (χ2v) is 26.4. The fourth-order valence-electron chi connectivity index (χ4n) is 19.2. The summed E-state index contributed by atoms with van der Waals surface area (Å²) in [5, 5.41) is 72.6. The van der Waals surface area contributed by atoms with Gasteiger partial charge in [-0.25, -0.2) is 0 Å². The van der Waals surface area contributed by atoms with Crippen LogP contribution in [0.25, 0.3) is 0 Å². The Morgan fingerprint density at radius 2 is 0.895 bits per heavy atom. The Bertz CT molecular complexity index is 2680. The van der Waals surface area contributed by atoms with Gasteiger partial charge in [0.25, 0.3) is 0 Å². The van der Waals surface area contributed by atoms with Crippen molar-refractivity contribution in [2.24, 2.45) is 73.9 Å². The van der Waals surface area contributed by atoms with E-state index in [2.05, 4.69) is 32.9 Å². The van der Waals surface area contributed by atoms with Gasteiger partial charge in [-0.3, -0.25) is 28.8 Å². The number of fused-ring (bicyclic) bond motifs is 15. The zero-order chi connectivity index (χ0) is 55.0. The van der Waals surface area contributed by atoms with Gasteiger partial charge in [0.05, 0.1) is 6.10 Å². The third-order valence-corrected chi connectivity index (χ3v) is 23.7. The third-order valence-electron chi connectivity index (χ3n) is 23.7.